The molecule has 7 nitrogen and oxygen atoms in total. The van der Waals surface area contributed by atoms with Crippen LogP contribution in [0.3, 0.4) is 0 Å². The van der Waals surface area contributed by atoms with E-state index in [1.165, 1.54) is 12.1 Å². The maximum atomic E-state index is 13.7. The van der Waals surface area contributed by atoms with E-state index in [0.717, 1.165) is 11.1 Å². The van der Waals surface area contributed by atoms with E-state index < -0.39 is 27.6 Å². The molecule has 0 spiro atoms. The van der Waals surface area contributed by atoms with Crippen LogP contribution in [0.25, 0.3) is 0 Å². The molecule has 2 aliphatic heterocycles. The van der Waals surface area contributed by atoms with Crippen LogP contribution in [-0.4, -0.2) is 48.5 Å². The van der Waals surface area contributed by atoms with Crippen LogP contribution in [0.4, 0.5) is 10.1 Å². The molecular weight excluding hydrogens is 373 g/mol. The largest absolute Gasteiger partial charge is 0.318 e. The van der Waals surface area contributed by atoms with Crippen molar-refractivity contribution in [1.82, 2.24) is 5.01 Å². The second kappa shape index (κ2) is 6.72. The average Bonchev–Trinajstić information content (AvgIpc) is 2.91. The normalized spacial score (nSPS) is 22.6. The van der Waals surface area contributed by atoms with Gasteiger partial charge in [0.15, 0.2) is 9.84 Å². The summed E-state index contributed by atoms with van der Waals surface area (Å²) in [7, 11) is -3.19. The van der Waals surface area contributed by atoms with Gasteiger partial charge in [-0.1, -0.05) is 11.6 Å². The van der Waals surface area contributed by atoms with Gasteiger partial charge in [0.25, 0.3) is 5.91 Å². The number of hydrazone groups is 1. The molecule has 2 heterocycles. The fraction of sp³-hybridized carbons (Fsp3) is 0.400. The summed E-state index contributed by atoms with van der Waals surface area (Å²) in [6.45, 7) is 0. The first-order valence-electron chi connectivity index (χ1n) is 7.61. The van der Waals surface area contributed by atoms with Crippen LogP contribution < -0.4 is 5.32 Å². The van der Waals surface area contributed by atoms with Crippen molar-refractivity contribution >= 4 is 44.7 Å². The minimum absolute atomic E-state index is 0.00772. The number of carbonyl (C=O) groups is 2. The van der Waals surface area contributed by atoms with Gasteiger partial charge in [-0.2, -0.15) is 5.10 Å². The molecule has 10 heteroatoms. The summed E-state index contributed by atoms with van der Waals surface area (Å²) in [6.07, 6.45) is 0.430. The number of sulfone groups is 1. The summed E-state index contributed by atoms with van der Waals surface area (Å²) in [5, 5.41) is 7.74. The molecule has 1 aromatic rings. The number of anilines is 1. The van der Waals surface area contributed by atoms with Crippen molar-refractivity contribution in [3.8, 4) is 0 Å². The number of benzene rings is 1. The van der Waals surface area contributed by atoms with Crippen molar-refractivity contribution in [3.05, 3.63) is 29.0 Å². The fourth-order valence-electron chi connectivity index (χ4n) is 2.78. The van der Waals surface area contributed by atoms with Gasteiger partial charge < -0.3 is 5.32 Å². The SMILES string of the molecule is O=C(Nc1cc(Cl)ccc1F)C1=NN([C@@H]2CCS(=O)(=O)C2)C(=O)CC1. The molecule has 0 unspecified atom stereocenters. The summed E-state index contributed by atoms with van der Waals surface area (Å²) < 4.78 is 36.9. The molecule has 0 bridgehead atoms. The number of nitrogens with one attached hydrogen (secondary N) is 1. The lowest BCUT2D eigenvalue weighted by Crippen LogP contribution is -2.42. The van der Waals surface area contributed by atoms with E-state index >= 15 is 0 Å². The number of amides is 2. The third kappa shape index (κ3) is 3.98. The lowest BCUT2D eigenvalue weighted by molar-refractivity contribution is -0.133. The average molecular weight is 388 g/mol. The lowest BCUT2D eigenvalue weighted by atomic mass is 10.1. The van der Waals surface area contributed by atoms with Crippen LogP contribution in [0.15, 0.2) is 23.3 Å². The molecule has 0 aromatic heterocycles. The highest BCUT2D eigenvalue weighted by Gasteiger charge is 2.37. The van der Waals surface area contributed by atoms with E-state index in [1.807, 2.05) is 0 Å². The van der Waals surface area contributed by atoms with Crippen molar-refractivity contribution in [3.63, 3.8) is 0 Å². The Morgan fingerprint density at radius 3 is 2.80 bits per heavy atom. The number of hydrogen-bond acceptors (Lipinski definition) is 5. The number of halogens is 2. The smallest absolute Gasteiger partial charge is 0.271 e. The van der Waals surface area contributed by atoms with E-state index in [4.69, 9.17) is 11.6 Å². The first kappa shape index (κ1) is 17.8. The van der Waals surface area contributed by atoms with Gasteiger partial charge in [0.2, 0.25) is 5.91 Å². The predicted octanol–water partition coefficient (Wildman–Crippen LogP) is 1.58. The van der Waals surface area contributed by atoms with E-state index in [9.17, 15) is 22.4 Å². The summed E-state index contributed by atoms with van der Waals surface area (Å²) in [4.78, 5) is 24.4. The molecule has 0 radical (unpaired) electrons. The van der Waals surface area contributed by atoms with Crippen molar-refractivity contribution < 1.29 is 22.4 Å². The van der Waals surface area contributed by atoms with Crippen LogP contribution in [0.5, 0.6) is 0 Å². The Kier molecular flexibility index (Phi) is 4.79. The maximum Gasteiger partial charge on any atom is 0.271 e. The first-order chi connectivity index (χ1) is 11.7. The highest BCUT2D eigenvalue weighted by atomic mass is 35.5. The Balaban J connectivity index is 1.79. The second-order valence-electron chi connectivity index (χ2n) is 5.92. The summed E-state index contributed by atoms with van der Waals surface area (Å²) in [6, 6.07) is 3.18. The van der Waals surface area contributed by atoms with Crippen LogP contribution in [0, 0.1) is 5.82 Å². The molecule has 0 aliphatic carbocycles. The van der Waals surface area contributed by atoms with Crippen LogP contribution in [0.2, 0.25) is 5.02 Å². The molecule has 134 valence electrons. The zero-order valence-electron chi connectivity index (χ0n) is 13.0. The quantitative estimate of drug-likeness (QED) is 0.851. The van der Waals surface area contributed by atoms with Gasteiger partial charge in [0, 0.05) is 17.9 Å². The van der Waals surface area contributed by atoms with E-state index in [-0.39, 0.29) is 53.1 Å². The minimum Gasteiger partial charge on any atom is -0.318 e. The summed E-state index contributed by atoms with van der Waals surface area (Å²) in [5.74, 6) is -1.80. The minimum atomic E-state index is -3.19. The molecule has 2 aliphatic rings. The molecule has 1 saturated heterocycles. The predicted molar refractivity (Wildman–Crippen MR) is 90.6 cm³/mol. The lowest BCUT2D eigenvalue weighted by Gasteiger charge is -2.27. The van der Waals surface area contributed by atoms with Crippen molar-refractivity contribution in [2.45, 2.75) is 25.3 Å². The first-order valence-corrected chi connectivity index (χ1v) is 9.81. The van der Waals surface area contributed by atoms with Gasteiger partial charge in [-0.3, -0.25) is 9.59 Å². The van der Waals surface area contributed by atoms with Gasteiger partial charge in [0.1, 0.15) is 11.5 Å². The monoisotopic (exact) mass is 387 g/mol. The Morgan fingerprint density at radius 1 is 1.36 bits per heavy atom. The third-order valence-corrected chi connectivity index (χ3v) is 6.04. The van der Waals surface area contributed by atoms with E-state index in [2.05, 4.69) is 10.4 Å². The van der Waals surface area contributed by atoms with Crippen LogP contribution in [0.1, 0.15) is 19.3 Å². The molecule has 3 rings (SSSR count). The van der Waals surface area contributed by atoms with Crippen molar-refractivity contribution in [2.24, 2.45) is 5.10 Å². The molecule has 0 saturated carbocycles. The molecule has 1 N–H and O–H groups in total. The Labute approximate surface area is 148 Å². The molecular formula is C15H15ClFN3O4S. The van der Waals surface area contributed by atoms with Gasteiger partial charge in [-0.15, -0.1) is 0 Å². The standard InChI is InChI=1S/C15H15ClFN3O4S/c16-9-1-2-11(17)13(7-9)18-15(22)12-3-4-14(21)20(19-12)10-5-6-25(23,24)8-10/h1-2,7,10H,3-6,8H2,(H,18,22)/t10-/m1/s1. The van der Waals surface area contributed by atoms with Gasteiger partial charge in [-0.25, -0.2) is 17.8 Å². The molecule has 1 aromatic carbocycles. The number of rotatable bonds is 3. The maximum absolute atomic E-state index is 13.7. The Hall–Kier alpha value is -2.00. The Morgan fingerprint density at radius 2 is 2.12 bits per heavy atom. The fourth-order valence-corrected chi connectivity index (χ4v) is 4.64. The van der Waals surface area contributed by atoms with Crippen molar-refractivity contribution in [2.75, 3.05) is 16.8 Å². The zero-order chi connectivity index (χ0) is 18.2. The second-order valence-corrected chi connectivity index (χ2v) is 8.59. The highest BCUT2D eigenvalue weighted by Crippen LogP contribution is 2.23. The molecule has 25 heavy (non-hydrogen) atoms. The molecule has 1 fully saturated rings. The number of hydrogen-bond donors (Lipinski definition) is 1. The summed E-state index contributed by atoms with van der Waals surface area (Å²) >= 11 is 5.78. The highest BCUT2D eigenvalue weighted by molar-refractivity contribution is 7.91. The molecule has 2 amide bonds. The van der Waals surface area contributed by atoms with E-state index in [1.54, 1.807) is 0 Å². The summed E-state index contributed by atoms with van der Waals surface area (Å²) in [5.41, 5.74) is -0.0460. The number of carbonyl (C=O) groups excluding carboxylic acids is 2. The van der Waals surface area contributed by atoms with E-state index in [0.29, 0.717) is 0 Å². The van der Waals surface area contributed by atoms with Gasteiger partial charge >= 0.3 is 0 Å². The Bertz CT molecular complexity index is 872. The van der Waals surface area contributed by atoms with Gasteiger partial charge in [-0.05, 0) is 24.6 Å². The topological polar surface area (TPSA) is 95.9 Å². The zero-order valence-corrected chi connectivity index (χ0v) is 14.6. The molecule has 1 atom stereocenters. The third-order valence-electron chi connectivity index (χ3n) is 4.05. The number of nitrogens with zero attached hydrogens (tertiary/aromatic N) is 2. The van der Waals surface area contributed by atoms with Crippen LogP contribution in [-0.2, 0) is 19.4 Å². The van der Waals surface area contributed by atoms with Crippen LogP contribution >= 0.6 is 11.6 Å². The van der Waals surface area contributed by atoms with Crippen molar-refractivity contribution in [1.29, 1.82) is 0 Å². The van der Waals surface area contributed by atoms with Gasteiger partial charge in [0.05, 0.1) is 23.2 Å².